The summed E-state index contributed by atoms with van der Waals surface area (Å²) in [6, 6.07) is 3.71. The highest BCUT2D eigenvalue weighted by Gasteiger charge is 2.16. The van der Waals surface area contributed by atoms with Crippen LogP contribution in [0.15, 0.2) is 34.3 Å². The third kappa shape index (κ3) is 5.27. The van der Waals surface area contributed by atoms with Crippen molar-refractivity contribution in [2.45, 2.75) is 37.2 Å². The topological polar surface area (TPSA) is 104 Å². The first kappa shape index (κ1) is 21.1. The molecule has 29 heavy (non-hydrogen) atoms. The van der Waals surface area contributed by atoms with Gasteiger partial charge in [-0.2, -0.15) is 0 Å². The number of aromatic nitrogens is 4. The number of hydrogen-bond acceptors (Lipinski definition) is 7. The van der Waals surface area contributed by atoms with Crippen LogP contribution in [0.2, 0.25) is 0 Å². The Balaban J connectivity index is 1.93. The van der Waals surface area contributed by atoms with Gasteiger partial charge in [0.15, 0.2) is 28.3 Å². The summed E-state index contributed by atoms with van der Waals surface area (Å²) in [5.41, 5.74) is 0.336. The molecule has 10 heteroatoms. The Morgan fingerprint density at radius 1 is 1.28 bits per heavy atom. The number of H-pyrrole nitrogens is 1. The Hall–Kier alpha value is -2.59. The Bertz CT molecular complexity index is 1060. The summed E-state index contributed by atoms with van der Waals surface area (Å²) in [7, 11) is 0. The molecule has 3 aromatic rings. The van der Waals surface area contributed by atoms with Gasteiger partial charge in [-0.15, -0.1) is 0 Å². The second-order valence-electron chi connectivity index (χ2n) is 6.95. The molecule has 0 fully saturated rings. The maximum absolute atomic E-state index is 13.9. The highest BCUT2D eigenvalue weighted by Crippen LogP contribution is 2.26. The fourth-order valence-electron chi connectivity index (χ4n) is 2.82. The monoisotopic (exact) mass is 421 g/mol. The van der Waals surface area contributed by atoms with Gasteiger partial charge in [-0.25, -0.2) is 23.7 Å². The highest BCUT2D eigenvalue weighted by molar-refractivity contribution is 7.98. The van der Waals surface area contributed by atoms with E-state index in [0.717, 1.165) is 24.0 Å². The number of aromatic amines is 1. The van der Waals surface area contributed by atoms with Crippen LogP contribution in [0.25, 0.3) is 11.2 Å². The van der Waals surface area contributed by atoms with Crippen LogP contribution >= 0.6 is 11.8 Å². The van der Waals surface area contributed by atoms with Gasteiger partial charge in [0, 0.05) is 11.3 Å². The molecule has 154 valence electrons. The van der Waals surface area contributed by atoms with E-state index in [4.69, 9.17) is 0 Å². The third-order valence-corrected chi connectivity index (χ3v) is 5.02. The lowest BCUT2D eigenvalue weighted by Crippen LogP contribution is -2.26. The van der Waals surface area contributed by atoms with Crippen molar-refractivity contribution in [2.75, 3.05) is 11.9 Å². The Labute approximate surface area is 170 Å². The van der Waals surface area contributed by atoms with E-state index in [1.165, 1.54) is 12.1 Å². The summed E-state index contributed by atoms with van der Waals surface area (Å²) < 4.78 is 27.3. The lowest BCUT2D eigenvalue weighted by Gasteiger charge is -2.19. The molecule has 0 saturated heterocycles. The summed E-state index contributed by atoms with van der Waals surface area (Å²) in [4.78, 5) is 27.1. The molecule has 1 aromatic carbocycles. The average Bonchev–Trinajstić information content (AvgIpc) is 2.67. The Morgan fingerprint density at radius 2 is 2.07 bits per heavy atom. The quantitative estimate of drug-likeness (QED) is 0.379. The first-order chi connectivity index (χ1) is 13.9. The van der Waals surface area contributed by atoms with Crippen LogP contribution < -0.4 is 10.9 Å². The van der Waals surface area contributed by atoms with Crippen LogP contribution in [0, 0.1) is 17.6 Å². The van der Waals surface area contributed by atoms with E-state index in [9.17, 15) is 18.7 Å². The second-order valence-corrected chi connectivity index (χ2v) is 7.90. The minimum Gasteiger partial charge on any atom is -0.394 e. The maximum Gasteiger partial charge on any atom is 0.268 e. The number of benzene rings is 1. The highest BCUT2D eigenvalue weighted by atomic mass is 32.2. The molecule has 0 saturated carbocycles. The maximum atomic E-state index is 13.9. The number of anilines is 1. The van der Waals surface area contributed by atoms with Gasteiger partial charge in [-0.3, -0.25) is 4.79 Å². The Morgan fingerprint density at radius 3 is 2.79 bits per heavy atom. The van der Waals surface area contributed by atoms with E-state index in [1.54, 1.807) is 0 Å². The number of hydrogen-bond donors (Lipinski definition) is 3. The smallest absolute Gasteiger partial charge is 0.268 e. The van der Waals surface area contributed by atoms with Gasteiger partial charge in [0.2, 0.25) is 0 Å². The SMILES string of the molecule is CC(C)CC(CO)Nc1nc(SCc2cccc(F)c2F)nc2[nH]c(=O)cnc12. The average molecular weight is 421 g/mol. The number of halogens is 2. The summed E-state index contributed by atoms with van der Waals surface area (Å²) >= 11 is 1.10. The molecule has 7 nitrogen and oxygen atoms in total. The van der Waals surface area contributed by atoms with E-state index in [2.05, 4.69) is 25.3 Å². The van der Waals surface area contributed by atoms with Gasteiger partial charge in [0.05, 0.1) is 18.8 Å². The van der Waals surface area contributed by atoms with Crippen molar-refractivity contribution in [1.82, 2.24) is 19.9 Å². The van der Waals surface area contributed by atoms with Crippen molar-refractivity contribution >= 4 is 28.7 Å². The molecule has 1 unspecified atom stereocenters. The van der Waals surface area contributed by atoms with Crippen molar-refractivity contribution in [3.05, 3.63) is 51.9 Å². The summed E-state index contributed by atoms with van der Waals surface area (Å²) in [5.74, 6) is -1.03. The number of fused-ring (bicyclic) bond motifs is 1. The lowest BCUT2D eigenvalue weighted by molar-refractivity contribution is 0.259. The fourth-order valence-corrected chi connectivity index (χ4v) is 3.64. The van der Waals surface area contributed by atoms with Gasteiger partial charge in [0.1, 0.15) is 5.52 Å². The van der Waals surface area contributed by atoms with Crippen LogP contribution in [0.5, 0.6) is 0 Å². The molecule has 0 aliphatic rings. The molecule has 0 aliphatic carbocycles. The van der Waals surface area contributed by atoms with Crippen LogP contribution in [0.3, 0.4) is 0 Å². The van der Waals surface area contributed by atoms with Crippen LogP contribution in [-0.2, 0) is 5.75 Å². The summed E-state index contributed by atoms with van der Waals surface area (Å²) in [6.07, 6.45) is 1.82. The lowest BCUT2D eigenvalue weighted by atomic mass is 10.0. The normalized spacial score (nSPS) is 12.5. The molecule has 0 spiro atoms. The van der Waals surface area contributed by atoms with E-state index in [0.29, 0.717) is 23.7 Å². The zero-order valence-electron chi connectivity index (χ0n) is 15.9. The first-order valence-electron chi connectivity index (χ1n) is 9.07. The molecule has 0 radical (unpaired) electrons. The van der Waals surface area contributed by atoms with E-state index >= 15 is 0 Å². The summed E-state index contributed by atoms with van der Waals surface area (Å²) in [6.45, 7) is 3.96. The summed E-state index contributed by atoms with van der Waals surface area (Å²) in [5, 5.41) is 13.1. The van der Waals surface area contributed by atoms with Crippen molar-refractivity contribution in [3.8, 4) is 0 Å². The Kier molecular flexibility index (Phi) is 6.75. The molecule has 0 bridgehead atoms. The minimum absolute atomic E-state index is 0.106. The fraction of sp³-hybridized carbons (Fsp3) is 0.368. The predicted octanol–water partition coefficient (Wildman–Crippen LogP) is 3.10. The third-order valence-electron chi connectivity index (χ3n) is 4.12. The number of rotatable bonds is 8. The zero-order valence-corrected chi connectivity index (χ0v) is 16.8. The molecule has 2 aromatic heterocycles. The van der Waals surface area contributed by atoms with Crippen molar-refractivity contribution < 1.29 is 13.9 Å². The molecule has 2 heterocycles. The van der Waals surface area contributed by atoms with Crippen molar-refractivity contribution in [2.24, 2.45) is 5.92 Å². The zero-order chi connectivity index (χ0) is 21.0. The van der Waals surface area contributed by atoms with Gasteiger partial charge in [-0.05, 0) is 18.4 Å². The second kappa shape index (κ2) is 9.27. The molecule has 0 aliphatic heterocycles. The number of thioether (sulfide) groups is 1. The molecular weight excluding hydrogens is 400 g/mol. The van der Waals surface area contributed by atoms with Gasteiger partial charge < -0.3 is 15.4 Å². The van der Waals surface area contributed by atoms with Crippen LogP contribution in [0.1, 0.15) is 25.8 Å². The van der Waals surface area contributed by atoms with Gasteiger partial charge in [0.25, 0.3) is 5.56 Å². The van der Waals surface area contributed by atoms with E-state index in [-0.39, 0.29) is 34.8 Å². The minimum atomic E-state index is -0.919. The van der Waals surface area contributed by atoms with E-state index in [1.807, 2.05) is 13.8 Å². The number of nitrogens with zero attached hydrogens (tertiary/aromatic N) is 3. The van der Waals surface area contributed by atoms with Crippen molar-refractivity contribution in [3.63, 3.8) is 0 Å². The van der Waals surface area contributed by atoms with Gasteiger partial charge >= 0.3 is 0 Å². The standard InChI is InChI=1S/C19H21F2N5O2S/c1-10(2)6-12(8-27)23-17-16-18(24-14(28)7-22-16)26-19(25-17)29-9-11-4-3-5-13(20)15(11)21/h3-5,7,10,12,27H,6,8-9H2,1-2H3,(H2,23,24,25,26,28). The van der Waals surface area contributed by atoms with Crippen LogP contribution in [0.4, 0.5) is 14.6 Å². The van der Waals surface area contributed by atoms with E-state index < -0.39 is 17.2 Å². The molecule has 3 N–H and O–H groups in total. The number of nitrogens with one attached hydrogen (secondary N) is 2. The predicted molar refractivity (Wildman–Crippen MR) is 108 cm³/mol. The molecule has 1 atom stereocenters. The molecule has 0 amide bonds. The largest absolute Gasteiger partial charge is 0.394 e. The molecule has 3 rings (SSSR count). The van der Waals surface area contributed by atoms with Crippen LogP contribution in [-0.4, -0.2) is 37.7 Å². The molecular formula is C19H21F2N5O2S. The number of aliphatic hydroxyl groups is 1. The first-order valence-corrected chi connectivity index (χ1v) is 10.1. The van der Waals surface area contributed by atoms with Gasteiger partial charge in [-0.1, -0.05) is 37.7 Å². The van der Waals surface area contributed by atoms with Crippen molar-refractivity contribution in [1.29, 1.82) is 0 Å². The number of aliphatic hydroxyl groups excluding tert-OH is 1.